The predicted molar refractivity (Wildman–Crippen MR) is 131 cm³/mol. The molecular weight excluding hydrogens is 436 g/mol. The maximum Gasteiger partial charge on any atom is 0.251 e. The third-order valence-electron chi connectivity index (χ3n) is 5.70. The molecule has 3 rings (SSSR count). The molecule has 0 saturated carbocycles. The van der Waals surface area contributed by atoms with Crippen LogP contribution in [0, 0.1) is 17.2 Å². The van der Waals surface area contributed by atoms with Crippen LogP contribution in [0.5, 0.6) is 0 Å². The summed E-state index contributed by atoms with van der Waals surface area (Å²) in [4.78, 5) is 36.3. The van der Waals surface area contributed by atoms with Crippen LogP contribution in [-0.2, 0) is 4.79 Å². The summed E-state index contributed by atoms with van der Waals surface area (Å²) in [6.07, 6.45) is 0.506. The van der Waals surface area contributed by atoms with Crippen molar-refractivity contribution in [1.82, 2.24) is 20.1 Å². The normalized spacial score (nSPS) is 15.2. The van der Waals surface area contributed by atoms with Gasteiger partial charge >= 0.3 is 0 Å². The largest absolute Gasteiger partial charge is 0.346 e. The number of likely N-dealkylation sites (N-methyl/N-ethyl adjacent to an activating group) is 2. The van der Waals surface area contributed by atoms with E-state index < -0.39 is 6.04 Å². The summed E-state index contributed by atoms with van der Waals surface area (Å²) < 4.78 is 0. The summed E-state index contributed by atoms with van der Waals surface area (Å²) in [5.41, 5.74) is 2.33. The van der Waals surface area contributed by atoms with Gasteiger partial charge in [-0.3, -0.25) is 9.59 Å². The first-order valence-corrected chi connectivity index (χ1v) is 12.1. The molecule has 176 valence electrons. The summed E-state index contributed by atoms with van der Waals surface area (Å²) in [5, 5.41) is 14.8. The summed E-state index contributed by atoms with van der Waals surface area (Å²) in [5.74, 6) is -0.340. The van der Waals surface area contributed by atoms with Crippen LogP contribution in [0.3, 0.4) is 0 Å². The van der Waals surface area contributed by atoms with Crippen molar-refractivity contribution < 1.29 is 9.59 Å². The SMILES string of the molecule is CC(C)C[C@H](NC(=O)c1ccc(-c2csc(N3CCN(C)CC3)n2)cc1)C(=O)N(C)CC#N. The molecule has 1 aliphatic heterocycles. The molecule has 2 amide bonds. The summed E-state index contributed by atoms with van der Waals surface area (Å²) >= 11 is 1.64. The quantitative estimate of drug-likeness (QED) is 0.599. The van der Waals surface area contributed by atoms with Crippen LogP contribution in [-0.4, -0.2) is 79.5 Å². The van der Waals surface area contributed by atoms with Crippen molar-refractivity contribution in [3.05, 3.63) is 35.2 Å². The lowest BCUT2D eigenvalue weighted by Gasteiger charge is -2.32. The molecule has 2 aromatic rings. The van der Waals surface area contributed by atoms with Gasteiger partial charge in [-0.2, -0.15) is 5.26 Å². The van der Waals surface area contributed by atoms with Gasteiger partial charge in [0, 0.05) is 49.7 Å². The van der Waals surface area contributed by atoms with Gasteiger partial charge in [-0.15, -0.1) is 11.3 Å². The number of amides is 2. The Morgan fingerprint density at radius 2 is 1.88 bits per heavy atom. The first-order chi connectivity index (χ1) is 15.8. The minimum Gasteiger partial charge on any atom is -0.346 e. The van der Waals surface area contributed by atoms with Crippen LogP contribution in [0.25, 0.3) is 11.3 Å². The van der Waals surface area contributed by atoms with E-state index in [1.165, 1.54) is 4.90 Å². The van der Waals surface area contributed by atoms with Crippen LogP contribution in [0.1, 0.15) is 30.6 Å². The van der Waals surface area contributed by atoms with E-state index in [9.17, 15) is 9.59 Å². The number of rotatable bonds is 8. The highest BCUT2D eigenvalue weighted by molar-refractivity contribution is 7.14. The van der Waals surface area contributed by atoms with E-state index >= 15 is 0 Å². The van der Waals surface area contributed by atoms with Crippen LogP contribution in [0.2, 0.25) is 0 Å². The average molecular weight is 469 g/mol. The molecule has 1 aliphatic rings. The summed E-state index contributed by atoms with van der Waals surface area (Å²) in [6, 6.07) is 8.60. The van der Waals surface area contributed by atoms with Crippen LogP contribution in [0.15, 0.2) is 29.6 Å². The summed E-state index contributed by atoms with van der Waals surface area (Å²) in [7, 11) is 3.71. The molecule has 0 bridgehead atoms. The molecule has 9 heteroatoms. The molecule has 1 aromatic heterocycles. The third kappa shape index (κ3) is 6.53. The average Bonchev–Trinajstić information content (AvgIpc) is 3.29. The number of hydrogen-bond acceptors (Lipinski definition) is 7. The third-order valence-corrected chi connectivity index (χ3v) is 6.60. The second-order valence-corrected chi connectivity index (χ2v) is 9.73. The van der Waals surface area contributed by atoms with E-state index in [0.717, 1.165) is 42.6 Å². The number of aromatic nitrogens is 1. The number of nitriles is 1. The smallest absolute Gasteiger partial charge is 0.251 e. The fourth-order valence-electron chi connectivity index (χ4n) is 3.72. The number of benzene rings is 1. The van der Waals surface area contributed by atoms with Gasteiger partial charge in [0.2, 0.25) is 5.91 Å². The highest BCUT2D eigenvalue weighted by Crippen LogP contribution is 2.28. The zero-order valence-corrected chi connectivity index (χ0v) is 20.6. The number of piperazine rings is 1. The van der Waals surface area contributed by atoms with E-state index in [1.807, 2.05) is 37.4 Å². The summed E-state index contributed by atoms with van der Waals surface area (Å²) in [6.45, 7) is 7.99. The Kier molecular flexibility index (Phi) is 8.42. The van der Waals surface area contributed by atoms with Crippen molar-refractivity contribution >= 4 is 28.3 Å². The lowest BCUT2D eigenvalue weighted by molar-refractivity contribution is -0.131. The minimum absolute atomic E-state index is 0.0121. The molecule has 0 unspecified atom stereocenters. The van der Waals surface area contributed by atoms with E-state index in [-0.39, 0.29) is 24.3 Å². The van der Waals surface area contributed by atoms with Crippen molar-refractivity contribution in [3.63, 3.8) is 0 Å². The van der Waals surface area contributed by atoms with Gasteiger partial charge in [0.15, 0.2) is 5.13 Å². The highest BCUT2D eigenvalue weighted by atomic mass is 32.1. The fourth-order valence-corrected chi connectivity index (χ4v) is 4.61. The molecule has 1 atom stereocenters. The highest BCUT2D eigenvalue weighted by Gasteiger charge is 2.25. The Balaban J connectivity index is 1.67. The lowest BCUT2D eigenvalue weighted by Crippen LogP contribution is -2.48. The molecule has 2 heterocycles. The van der Waals surface area contributed by atoms with Crippen molar-refractivity contribution in [3.8, 4) is 17.3 Å². The molecule has 33 heavy (non-hydrogen) atoms. The standard InChI is InChI=1S/C24H32N6O2S/c1-17(2)15-20(23(32)29(4)10-9-25)26-22(31)19-7-5-18(6-8-19)21-16-33-24(27-21)30-13-11-28(3)12-14-30/h5-8,16-17,20H,10-15H2,1-4H3,(H,26,31)/t20-/m0/s1. The Hall–Kier alpha value is -2.96. The zero-order valence-electron chi connectivity index (χ0n) is 19.7. The Labute approximate surface area is 199 Å². The van der Waals surface area contributed by atoms with Gasteiger partial charge in [0.05, 0.1) is 11.8 Å². The topological polar surface area (TPSA) is 92.6 Å². The van der Waals surface area contributed by atoms with E-state index in [2.05, 4.69) is 22.2 Å². The second-order valence-electron chi connectivity index (χ2n) is 8.89. The lowest BCUT2D eigenvalue weighted by atomic mass is 10.0. The monoisotopic (exact) mass is 468 g/mol. The van der Waals surface area contributed by atoms with Gasteiger partial charge in [-0.25, -0.2) is 4.98 Å². The van der Waals surface area contributed by atoms with Crippen molar-refractivity contribution in [2.45, 2.75) is 26.3 Å². The number of carbonyl (C=O) groups is 2. The van der Waals surface area contributed by atoms with E-state index in [1.54, 1.807) is 30.5 Å². The van der Waals surface area contributed by atoms with Gasteiger partial charge in [0.25, 0.3) is 5.91 Å². The van der Waals surface area contributed by atoms with Crippen molar-refractivity contribution in [1.29, 1.82) is 5.26 Å². The first-order valence-electron chi connectivity index (χ1n) is 11.2. The first kappa shape index (κ1) is 24.7. The molecule has 1 saturated heterocycles. The Morgan fingerprint density at radius 1 is 1.21 bits per heavy atom. The van der Waals surface area contributed by atoms with E-state index in [0.29, 0.717) is 12.0 Å². The molecule has 8 nitrogen and oxygen atoms in total. The zero-order chi connectivity index (χ0) is 24.0. The Morgan fingerprint density at radius 3 is 2.48 bits per heavy atom. The van der Waals surface area contributed by atoms with Gasteiger partial charge < -0.3 is 20.0 Å². The molecule has 1 aromatic carbocycles. The number of thiazole rings is 1. The molecule has 1 fully saturated rings. The molecular formula is C24H32N6O2S. The van der Waals surface area contributed by atoms with Crippen LogP contribution in [0.4, 0.5) is 5.13 Å². The molecule has 0 radical (unpaired) electrons. The molecule has 0 aliphatic carbocycles. The van der Waals surface area contributed by atoms with E-state index in [4.69, 9.17) is 10.2 Å². The Bertz CT molecular complexity index is 989. The van der Waals surface area contributed by atoms with Crippen LogP contribution < -0.4 is 10.2 Å². The van der Waals surface area contributed by atoms with Crippen molar-refractivity contribution in [2.75, 3.05) is 51.7 Å². The molecule has 0 spiro atoms. The fraction of sp³-hybridized carbons (Fsp3) is 0.500. The van der Waals surface area contributed by atoms with Crippen molar-refractivity contribution in [2.24, 2.45) is 5.92 Å². The van der Waals surface area contributed by atoms with Crippen LogP contribution >= 0.6 is 11.3 Å². The van der Waals surface area contributed by atoms with Gasteiger partial charge in [0.1, 0.15) is 12.6 Å². The number of anilines is 1. The number of nitrogens with zero attached hydrogens (tertiary/aromatic N) is 5. The minimum atomic E-state index is -0.666. The maximum atomic E-state index is 12.8. The predicted octanol–water partition coefficient (Wildman–Crippen LogP) is 2.69. The van der Waals surface area contributed by atoms with Gasteiger partial charge in [-0.05, 0) is 31.5 Å². The second kappa shape index (κ2) is 11.3. The number of hydrogen-bond donors (Lipinski definition) is 1. The van der Waals surface area contributed by atoms with Gasteiger partial charge in [-0.1, -0.05) is 26.0 Å². The maximum absolute atomic E-state index is 12.8. The number of nitrogens with one attached hydrogen (secondary N) is 1. The molecule has 1 N–H and O–H groups in total. The number of carbonyl (C=O) groups excluding carboxylic acids is 2.